The predicted molar refractivity (Wildman–Crippen MR) is 51.8 cm³/mol. The fourth-order valence-corrected chi connectivity index (χ4v) is 1.07. The smallest absolute Gasteiger partial charge is 0.00465 e. The van der Waals surface area contributed by atoms with Gasteiger partial charge in [0.2, 0.25) is 0 Å². The van der Waals surface area contributed by atoms with Crippen LogP contribution in [0.1, 0.15) is 33.1 Å². The molecule has 0 spiro atoms. The van der Waals surface area contributed by atoms with E-state index < -0.39 is 0 Å². The zero-order valence-corrected chi connectivity index (χ0v) is 7.90. The van der Waals surface area contributed by atoms with Crippen LogP contribution in [0.2, 0.25) is 0 Å². The highest BCUT2D eigenvalue weighted by Gasteiger charge is 1.98. The van der Waals surface area contributed by atoms with Crippen molar-refractivity contribution in [3.05, 3.63) is 12.7 Å². The molecular weight excluding hydrogens is 134 g/mol. The molecule has 0 aromatic heterocycles. The molecule has 66 valence electrons. The molecule has 0 fully saturated rings. The van der Waals surface area contributed by atoms with Crippen LogP contribution in [0.15, 0.2) is 12.7 Å². The van der Waals surface area contributed by atoms with E-state index in [2.05, 4.69) is 25.7 Å². The Morgan fingerprint density at radius 2 is 2.18 bits per heavy atom. The normalized spacial score (nSPS) is 12.9. The van der Waals surface area contributed by atoms with E-state index in [1.165, 1.54) is 12.8 Å². The Balaban J connectivity index is 3.08. The van der Waals surface area contributed by atoms with Gasteiger partial charge in [-0.2, -0.15) is 0 Å². The molecular formula is C10H21N. The molecule has 0 aromatic rings. The van der Waals surface area contributed by atoms with Crippen LogP contribution in [-0.2, 0) is 0 Å². The molecule has 0 saturated heterocycles. The second-order valence-electron chi connectivity index (χ2n) is 3.11. The maximum atomic E-state index is 3.71. The Morgan fingerprint density at radius 1 is 1.45 bits per heavy atom. The van der Waals surface area contributed by atoms with E-state index in [0.717, 1.165) is 25.4 Å². The third-order valence-corrected chi connectivity index (χ3v) is 1.93. The average molecular weight is 155 g/mol. The molecule has 0 bridgehead atoms. The zero-order valence-electron chi connectivity index (χ0n) is 7.90. The van der Waals surface area contributed by atoms with Crippen molar-refractivity contribution in [3.8, 4) is 0 Å². The molecule has 0 rings (SSSR count). The minimum Gasteiger partial charge on any atom is -0.317 e. The summed E-state index contributed by atoms with van der Waals surface area (Å²) in [4.78, 5) is 0. The lowest BCUT2D eigenvalue weighted by Gasteiger charge is -2.09. The van der Waals surface area contributed by atoms with Crippen molar-refractivity contribution in [2.45, 2.75) is 33.1 Å². The lowest BCUT2D eigenvalue weighted by molar-refractivity contribution is 0.478. The molecule has 0 radical (unpaired) electrons. The summed E-state index contributed by atoms with van der Waals surface area (Å²) >= 11 is 0. The van der Waals surface area contributed by atoms with Crippen LogP contribution in [0.3, 0.4) is 0 Å². The Morgan fingerprint density at radius 3 is 2.73 bits per heavy atom. The van der Waals surface area contributed by atoms with Crippen LogP contribution >= 0.6 is 0 Å². The molecule has 0 saturated carbocycles. The Kier molecular flexibility index (Phi) is 7.59. The Labute approximate surface area is 70.9 Å². The van der Waals surface area contributed by atoms with Crippen LogP contribution in [-0.4, -0.2) is 13.1 Å². The first kappa shape index (κ1) is 10.7. The standard InChI is InChI=1S/C10H21N/c1-4-6-7-10(3)8-9-11-5-2/h4,10-11H,1,5-9H2,2-3H3. The number of nitrogens with one attached hydrogen (secondary N) is 1. The molecule has 11 heavy (non-hydrogen) atoms. The van der Waals surface area contributed by atoms with Gasteiger partial charge in [0.1, 0.15) is 0 Å². The second kappa shape index (κ2) is 7.80. The molecule has 1 atom stereocenters. The summed E-state index contributed by atoms with van der Waals surface area (Å²) in [5.74, 6) is 0.840. The first-order valence-corrected chi connectivity index (χ1v) is 4.62. The maximum absolute atomic E-state index is 3.71. The van der Waals surface area contributed by atoms with Gasteiger partial charge in [0.25, 0.3) is 0 Å². The van der Waals surface area contributed by atoms with Crippen LogP contribution in [0, 0.1) is 5.92 Å². The molecule has 1 unspecified atom stereocenters. The summed E-state index contributed by atoms with van der Waals surface area (Å²) in [6.45, 7) is 10.4. The Bertz CT molecular complexity index is 88.9. The van der Waals surface area contributed by atoms with Crippen molar-refractivity contribution < 1.29 is 0 Å². The minimum absolute atomic E-state index is 0.840. The summed E-state index contributed by atoms with van der Waals surface area (Å²) in [7, 11) is 0. The Hall–Kier alpha value is -0.300. The highest BCUT2D eigenvalue weighted by atomic mass is 14.8. The third-order valence-electron chi connectivity index (χ3n) is 1.93. The second-order valence-corrected chi connectivity index (χ2v) is 3.11. The van der Waals surface area contributed by atoms with Gasteiger partial charge in [0.05, 0.1) is 0 Å². The summed E-state index contributed by atoms with van der Waals surface area (Å²) < 4.78 is 0. The number of hydrogen-bond acceptors (Lipinski definition) is 1. The largest absolute Gasteiger partial charge is 0.317 e. The molecule has 0 amide bonds. The highest BCUT2D eigenvalue weighted by molar-refractivity contribution is 4.68. The third kappa shape index (κ3) is 7.60. The van der Waals surface area contributed by atoms with E-state index in [0.29, 0.717) is 0 Å². The van der Waals surface area contributed by atoms with Gasteiger partial charge < -0.3 is 5.32 Å². The van der Waals surface area contributed by atoms with Gasteiger partial charge in [0, 0.05) is 0 Å². The monoisotopic (exact) mass is 155 g/mol. The van der Waals surface area contributed by atoms with Crippen molar-refractivity contribution in [2.24, 2.45) is 5.92 Å². The SMILES string of the molecule is C=CCCC(C)CCNCC. The average Bonchev–Trinajstić information content (AvgIpc) is 2.01. The zero-order chi connectivity index (χ0) is 8.53. The van der Waals surface area contributed by atoms with Crippen LogP contribution < -0.4 is 5.32 Å². The lowest BCUT2D eigenvalue weighted by Crippen LogP contribution is -2.16. The quantitative estimate of drug-likeness (QED) is 0.440. The van der Waals surface area contributed by atoms with Gasteiger partial charge >= 0.3 is 0 Å². The highest BCUT2D eigenvalue weighted by Crippen LogP contribution is 2.08. The molecule has 0 aliphatic heterocycles. The summed E-state index contributed by atoms with van der Waals surface area (Å²) in [6, 6.07) is 0. The van der Waals surface area contributed by atoms with Gasteiger partial charge in [-0.3, -0.25) is 0 Å². The topological polar surface area (TPSA) is 12.0 Å². The molecule has 1 N–H and O–H groups in total. The van der Waals surface area contributed by atoms with Crippen molar-refractivity contribution >= 4 is 0 Å². The van der Waals surface area contributed by atoms with E-state index in [1.807, 2.05) is 6.08 Å². The first-order chi connectivity index (χ1) is 5.31. The number of hydrogen-bond donors (Lipinski definition) is 1. The summed E-state index contributed by atoms with van der Waals surface area (Å²) in [6.07, 6.45) is 5.74. The number of rotatable bonds is 7. The fraction of sp³-hybridized carbons (Fsp3) is 0.800. The molecule has 0 aliphatic carbocycles. The van der Waals surface area contributed by atoms with Crippen molar-refractivity contribution in [2.75, 3.05) is 13.1 Å². The van der Waals surface area contributed by atoms with Crippen molar-refractivity contribution in [1.29, 1.82) is 0 Å². The van der Waals surface area contributed by atoms with Crippen molar-refractivity contribution in [3.63, 3.8) is 0 Å². The molecule has 1 nitrogen and oxygen atoms in total. The molecule has 0 aliphatic rings. The summed E-state index contributed by atoms with van der Waals surface area (Å²) in [5, 5.41) is 3.33. The minimum atomic E-state index is 0.840. The van der Waals surface area contributed by atoms with Crippen LogP contribution in [0.25, 0.3) is 0 Å². The van der Waals surface area contributed by atoms with Crippen molar-refractivity contribution in [1.82, 2.24) is 5.32 Å². The maximum Gasteiger partial charge on any atom is -0.00465 e. The van der Waals surface area contributed by atoms with E-state index in [9.17, 15) is 0 Å². The lowest BCUT2D eigenvalue weighted by atomic mass is 10.0. The van der Waals surface area contributed by atoms with Gasteiger partial charge in [0.15, 0.2) is 0 Å². The predicted octanol–water partition coefficient (Wildman–Crippen LogP) is 2.59. The number of allylic oxidation sites excluding steroid dienone is 1. The fourth-order valence-electron chi connectivity index (χ4n) is 1.07. The van der Waals surface area contributed by atoms with Gasteiger partial charge in [-0.15, -0.1) is 6.58 Å². The van der Waals surface area contributed by atoms with Gasteiger partial charge in [-0.05, 0) is 38.3 Å². The molecule has 0 aromatic carbocycles. The molecule has 1 heteroatoms. The summed E-state index contributed by atoms with van der Waals surface area (Å²) in [5.41, 5.74) is 0. The van der Waals surface area contributed by atoms with E-state index >= 15 is 0 Å². The van der Waals surface area contributed by atoms with Crippen LogP contribution in [0.4, 0.5) is 0 Å². The van der Waals surface area contributed by atoms with Gasteiger partial charge in [-0.25, -0.2) is 0 Å². The van der Waals surface area contributed by atoms with E-state index in [-0.39, 0.29) is 0 Å². The van der Waals surface area contributed by atoms with E-state index in [1.54, 1.807) is 0 Å². The van der Waals surface area contributed by atoms with Crippen LogP contribution in [0.5, 0.6) is 0 Å². The molecule has 0 heterocycles. The first-order valence-electron chi connectivity index (χ1n) is 4.62. The van der Waals surface area contributed by atoms with E-state index in [4.69, 9.17) is 0 Å². The van der Waals surface area contributed by atoms with Gasteiger partial charge in [-0.1, -0.05) is 19.9 Å².